The van der Waals surface area contributed by atoms with E-state index in [1.807, 2.05) is 12.1 Å². The summed E-state index contributed by atoms with van der Waals surface area (Å²) >= 11 is 0. The van der Waals surface area contributed by atoms with Crippen LogP contribution in [0.2, 0.25) is 0 Å². The summed E-state index contributed by atoms with van der Waals surface area (Å²) in [6, 6.07) is 9.02. The van der Waals surface area contributed by atoms with E-state index in [4.69, 9.17) is 0 Å². The number of phenolic OH excluding ortho intramolecular Hbond substituents is 1. The Morgan fingerprint density at radius 1 is 1.11 bits per heavy atom. The molecule has 0 aliphatic heterocycles. The fraction of sp³-hybridized carbons (Fsp3) is 0.647. The van der Waals surface area contributed by atoms with E-state index in [1.165, 1.54) is 37.7 Å². The first-order valence-electron chi connectivity index (χ1n) is 7.76. The van der Waals surface area contributed by atoms with Crippen LogP contribution in [0.1, 0.15) is 44.6 Å². The fourth-order valence-electron chi connectivity index (χ4n) is 3.03. The van der Waals surface area contributed by atoms with Crippen LogP contribution < -0.4 is 5.32 Å². The van der Waals surface area contributed by atoms with Crippen molar-refractivity contribution in [3.05, 3.63) is 29.8 Å². The average molecular weight is 259 g/mol. The summed E-state index contributed by atoms with van der Waals surface area (Å²) in [6.45, 7) is 2.32. The molecule has 2 fully saturated rings. The van der Waals surface area contributed by atoms with Gasteiger partial charge in [-0.05, 0) is 75.0 Å². The van der Waals surface area contributed by atoms with Crippen LogP contribution in [0, 0.1) is 11.8 Å². The molecule has 3 rings (SSSR count). The van der Waals surface area contributed by atoms with E-state index in [0.717, 1.165) is 24.3 Å². The SMILES string of the molecule is CC(CCc1ccc(O)cc1)NC(C1CC1)C1CC1. The molecule has 1 aromatic carbocycles. The van der Waals surface area contributed by atoms with Gasteiger partial charge in [0, 0.05) is 12.1 Å². The summed E-state index contributed by atoms with van der Waals surface area (Å²) < 4.78 is 0. The van der Waals surface area contributed by atoms with Crippen molar-refractivity contribution in [2.45, 2.75) is 57.5 Å². The van der Waals surface area contributed by atoms with Gasteiger partial charge < -0.3 is 10.4 Å². The van der Waals surface area contributed by atoms with Crippen LogP contribution in [-0.4, -0.2) is 17.2 Å². The number of nitrogens with one attached hydrogen (secondary N) is 1. The number of phenols is 1. The highest BCUT2D eigenvalue weighted by Crippen LogP contribution is 2.44. The smallest absolute Gasteiger partial charge is 0.115 e. The van der Waals surface area contributed by atoms with E-state index >= 15 is 0 Å². The Labute approximate surface area is 116 Å². The third-order valence-electron chi connectivity index (χ3n) is 4.54. The van der Waals surface area contributed by atoms with Crippen molar-refractivity contribution >= 4 is 0 Å². The molecule has 2 nitrogen and oxygen atoms in total. The molecule has 1 aromatic rings. The van der Waals surface area contributed by atoms with Gasteiger partial charge in [0.1, 0.15) is 5.75 Å². The minimum atomic E-state index is 0.359. The second kappa shape index (κ2) is 5.54. The highest BCUT2D eigenvalue weighted by atomic mass is 16.3. The Bertz CT molecular complexity index is 394. The molecular formula is C17H25NO. The first-order chi connectivity index (χ1) is 9.22. The highest BCUT2D eigenvalue weighted by Gasteiger charge is 2.41. The molecule has 2 N–H and O–H groups in total. The molecule has 0 amide bonds. The van der Waals surface area contributed by atoms with Crippen molar-refractivity contribution in [3.63, 3.8) is 0 Å². The Balaban J connectivity index is 1.45. The zero-order valence-corrected chi connectivity index (χ0v) is 11.8. The monoisotopic (exact) mass is 259 g/mol. The predicted molar refractivity (Wildman–Crippen MR) is 78.3 cm³/mol. The van der Waals surface area contributed by atoms with Gasteiger partial charge in [-0.1, -0.05) is 12.1 Å². The quantitative estimate of drug-likeness (QED) is 0.785. The molecule has 2 aliphatic carbocycles. The van der Waals surface area contributed by atoms with Crippen molar-refractivity contribution in [2.75, 3.05) is 0 Å². The lowest BCUT2D eigenvalue weighted by Crippen LogP contribution is -2.39. The van der Waals surface area contributed by atoms with Crippen LogP contribution in [0.25, 0.3) is 0 Å². The summed E-state index contributed by atoms with van der Waals surface area (Å²) in [4.78, 5) is 0. The molecule has 0 radical (unpaired) electrons. The van der Waals surface area contributed by atoms with Crippen LogP contribution >= 0.6 is 0 Å². The van der Waals surface area contributed by atoms with E-state index in [2.05, 4.69) is 12.2 Å². The lowest BCUT2D eigenvalue weighted by Gasteiger charge is -2.23. The van der Waals surface area contributed by atoms with E-state index in [1.54, 1.807) is 12.1 Å². The van der Waals surface area contributed by atoms with Crippen LogP contribution in [-0.2, 0) is 6.42 Å². The maximum atomic E-state index is 9.28. The average Bonchev–Trinajstić information content (AvgIpc) is 3.29. The van der Waals surface area contributed by atoms with Gasteiger partial charge in [0.2, 0.25) is 0 Å². The molecule has 0 heterocycles. The molecule has 104 valence electrons. The van der Waals surface area contributed by atoms with Gasteiger partial charge in [-0.25, -0.2) is 0 Å². The summed E-state index contributed by atoms with van der Waals surface area (Å²) in [6.07, 6.45) is 8.05. The third-order valence-corrected chi connectivity index (χ3v) is 4.54. The van der Waals surface area contributed by atoms with Crippen LogP contribution in [0.5, 0.6) is 5.75 Å². The van der Waals surface area contributed by atoms with E-state index in [0.29, 0.717) is 11.8 Å². The minimum absolute atomic E-state index is 0.359. The van der Waals surface area contributed by atoms with Gasteiger partial charge in [-0.2, -0.15) is 0 Å². The Morgan fingerprint density at radius 3 is 2.21 bits per heavy atom. The maximum absolute atomic E-state index is 9.28. The van der Waals surface area contributed by atoms with Gasteiger partial charge >= 0.3 is 0 Å². The molecule has 2 heteroatoms. The zero-order valence-electron chi connectivity index (χ0n) is 11.8. The van der Waals surface area contributed by atoms with Gasteiger partial charge in [0.15, 0.2) is 0 Å². The van der Waals surface area contributed by atoms with Crippen molar-refractivity contribution in [3.8, 4) is 5.75 Å². The molecule has 0 spiro atoms. The third kappa shape index (κ3) is 3.73. The summed E-state index contributed by atoms with van der Waals surface area (Å²) in [5, 5.41) is 13.1. The standard InChI is InChI=1S/C17H25NO/c1-12(2-3-13-4-10-16(19)11-5-13)18-17(14-6-7-14)15-8-9-15/h4-5,10-12,14-15,17-19H,2-3,6-9H2,1H3. The lowest BCUT2D eigenvalue weighted by molar-refractivity contribution is 0.362. The number of benzene rings is 1. The summed E-state index contributed by atoms with van der Waals surface area (Å²) in [5.41, 5.74) is 1.32. The zero-order chi connectivity index (χ0) is 13.2. The van der Waals surface area contributed by atoms with Crippen molar-refractivity contribution in [2.24, 2.45) is 11.8 Å². The highest BCUT2D eigenvalue weighted by molar-refractivity contribution is 5.25. The number of aromatic hydroxyl groups is 1. The molecule has 1 atom stereocenters. The molecule has 2 aliphatic rings. The van der Waals surface area contributed by atoms with Gasteiger partial charge in [-0.3, -0.25) is 0 Å². The van der Waals surface area contributed by atoms with Crippen LogP contribution in [0.3, 0.4) is 0 Å². The Morgan fingerprint density at radius 2 is 1.68 bits per heavy atom. The van der Waals surface area contributed by atoms with Gasteiger partial charge in [-0.15, -0.1) is 0 Å². The van der Waals surface area contributed by atoms with Crippen LogP contribution in [0.15, 0.2) is 24.3 Å². The largest absolute Gasteiger partial charge is 0.508 e. The number of rotatable bonds is 7. The topological polar surface area (TPSA) is 32.3 Å². The normalized spacial score (nSPS) is 20.7. The van der Waals surface area contributed by atoms with E-state index in [9.17, 15) is 5.11 Å². The van der Waals surface area contributed by atoms with Crippen molar-refractivity contribution < 1.29 is 5.11 Å². The molecule has 2 saturated carbocycles. The van der Waals surface area contributed by atoms with Gasteiger partial charge in [0.25, 0.3) is 0 Å². The minimum Gasteiger partial charge on any atom is -0.508 e. The second-order valence-corrected chi connectivity index (χ2v) is 6.47. The van der Waals surface area contributed by atoms with Crippen molar-refractivity contribution in [1.82, 2.24) is 5.32 Å². The summed E-state index contributed by atoms with van der Waals surface area (Å²) in [7, 11) is 0. The van der Waals surface area contributed by atoms with Gasteiger partial charge in [0.05, 0.1) is 0 Å². The first kappa shape index (κ1) is 13.0. The lowest BCUT2D eigenvalue weighted by atomic mass is 10.0. The fourth-order valence-corrected chi connectivity index (χ4v) is 3.03. The maximum Gasteiger partial charge on any atom is 0.115 e. The summed E-state index contributed by atoms with van der Waals surface area (Å²) in [5.74, 6) is 2.31. The number of hydrogen-bond donors (Lipinski definition) is 2. The molecule has 19 heavy (non-hydrogen) atoms. The van der Waals surface area contributed by atoms with E-state index < -0.39 is 0 Å². The number of hydrogen-bond acceptors (Lipinski definition) is 2. The molecule has 0 aromatic heterocycles. The number of aryl methyl sites for hydroxylation is 1. The molecular weight excluding hydrogens is 234 g/mol. The predicted octanol–water partition coefficient (Wildman–Crippen LogP) is 3.49. The Kier molecular flexibility index (Phi) is 3.79. The first-order valence-corrected chi connectivity index (χ1v) is 7.76. The van der Waals surface area contributed by atoms with Crippen molar-refractivity contribution in [1.29, 1.82) is 0 Å². The molecule has 1 unspecified atom stereocenters. The molecule has 0 saturated heterocycles. The molecule has 0 bridgehead atoms. The Hall–Kier alpha value is -1.02. The second-order valence-electron chi connectivity index (χ2n) is 6.47. The van der Waals surface area contributed by atoms with E-state index in [-0.39, 0.29) is 0 Å². The van der Waals surface area contributed by atoms with Crippen LogP contribution in [0.4, 0.5) is 0 Å².